The van der Waals surface area contributed by atoms with Gasteiger partial charge >= 0.3 is 0 Å². The summed E-state index contributed by atoms with van der Waals surface area (Å²) in [6.07, 6.45) is 1.73. The highest BCUT2D eigenvalue weighted by molar-refractivity contribution is 5.85. The second-order valence-electron chi connectivity index (χ2n) is 2.92. The molecule has 1 aromatic carbocycles. The predicted molar refractivity (Wildman–Crippen MR) is 55.3 cm³/mol. The van der Waals surface area contributed by atoms with Gasteiger partial charge in [-0.05, 0) is 12.5 Å². The lowest BCUT2D eigenvalue weighted by Gasteiger charge is -2.10. The van der Waals surface area contributed by atoms with Gasteiger partial charge < -0.3 is 5.73 Å². The van der Waals surface area contributed by atoms with Crippen LogP contribution in [-0.2, 0) is 0 Å². The average molecular weight is 238 g/mol. The zero-order valence-corrected chi connectivity index (χ0v) is 8.66. The van der Waals surface area contributed by atoms with Gasteiger partial charge in [0, 0.05) is 17.7 Å². The molecule has 1 rings (SSSR count). The Hall–Kier alpha value is -1.00. The Balaban J connectivity index is 0.00000196. The summed E-state index contributed by atoms with van der Waals surface area (Å²) in [4.78, 5) is 0. The molecule has 0 amide bonds. The molecule has 0 unspecified atom stereocenters. The zero-order chi connectivity index (χ0) is 10.7. The lowest BCUT2D eigenvalue weighted by atomic mass is 10.0. The smallest absolute Gasteiger partial charge is 0.163 e. The molecule has 1 aromatic rings. The van der Waals surface area contributed by atoms with Crippen molar-refractivity contribution in [3.63, 3.8) is 0 Å². The zero-order valence-electron chi connectivity index (χ0n) is 7.84. The third-order valence-corrected chi connectivity index (χ3v) is 1.84. The van der Waals surface area contributed by atoms with E-state index in [4.69, 9.17) is 5.73 Å². The lowest BCUT2D eigenvalue weighted by molar-refractivity contribution is 0.475. The van der Waals surface area contributed by atoms with Crippen LogP contribution in [0.2, 0.25) is 0 Å². The molecule has 0 spiro atoms. The van der Waals surface area contributed by atoms with Crippen molar-refractivity contribution in [3.8, 4) is 0 Å². The maximum absolute atomic E-state index is 13.1. The molecule has 0 saturated heterocycles. The molecule has 0 aliphatic carbocycles. The summed E-state index contributed by atoms with van der Waals surface area (Å²) in [6.45, 7) is 3.41. The van der Waals surface area contributed by atoms with E-state index in [-0.39, 0.29) is 24.4 Å². The number of benzene rings is 1. The average Bonchev–Trinajstić information content (AvgIpc) is 2.11. The Labute approximate surface area is 92.2 Å². The first-order valence-corrected chi connectivity index (χ1v) is 4.07. The molecule has 0 aromatic heterocycles. The first-order chi connectivity index (χ1) is 6.56. The summed E-state index contributed by atoms with van der Waals surface area (Å²) < 4.78 is 38.6. The van der Waals surface area contributed by atoms with Gasteiger partial charge in [0.1, 0.15) is 5.82 Å². The van der Waals surface area contributed by atoms with Crippen LogP contribution in [0.15, 0.2) is 24.8 Å². The first kappa shape index (κ1) is 14.0. The van der Waals surface area contributed by atoms with Crippen molar-refractivity contribution in [2.75, 3.05) is 0 Å². The molecule has 0 radical (unpaired) electrons. The van der Waals surface area contributed by atoms with Gasteiger partial charge in [0.25, 0.3) is 0 Å². The maximum atomic E-state index is 13.1. The molecule has 0 aliphatic rings. The molecule has 0 saturated carbocycles. The largest absolute Gasteiger partial charge is 0.324 e. The maximum Gasteiger partial charge on any atom is 0.163 e. The summed E-state index contributed by atoms with van der Waals surface area (Å²) in [7, 11) is 0. The Morgan fingerprint density at radius 1 is 1.33 bits per heavy atom. The van der Waals surface area contributed by atoms with Crippen molar-refractivity contribution in [2.24, 2.45) is 5.73 Å². The van der Waals surface area contributed by atoms with Crippen LogP contribution in [0.1, 0.15) is 18.0 Å². The van der Waals surface area contributed by atoms with Crippen molar-refractivity contribution in [1.29, 1.82) is 0 Å². The van der Waals surface area contributed by atoms with Gasteiger partial charge in [0.15, 0.2) is 11.6 Å². The van der Waals surface area contributed by atoms with Crippen LogP contribution in [-0.4, -0.2) is 0 Å². The van der Waals surface area contributed by atoms with Crippen molar-refractivity contribution in [3.05, 3.63) is 47.8 Å². The Bertz CT molecular complexity index is 355. The second kappa shape index (κ2) is 5.78. The van der Waals surface area contributed by atoms with Gasteiger partial charge in [-0.1, -0.05) is 6.08 Å². The molecule has 5 heteroatoms. The van der Waals surface area contributed by atoms with Crippen molar-refractivity contribution in [2.45, 2.75) is 12.5 Å². The van der Waals surface area contributed by atoms with Crippen LogP contribution in [0, 0.1) is 17.5 Å². The molecular formula is C10H11ClF3N. The third kappa shape index (κ3) is 3.25. The quantitative estimate of drug-likeness (QED) is 0.635. The summed E-state index contributed by atoms with van der Waals surface area (Å²) >= 11 is 0. The van der Waals surface area contributed by atoms with E-state index in [9.17, 15) is 13.2 Å². The fourth-order valence-corrected chi connectivity index (χ4v) is 1.15. The number of halogens is 4. The highest BCUT2D eigenvalue weighted by Gasteiger charge is 2.15. The van der Waals surface area contributed by atoms with E-state index in [1.807, 2.05) is 0 Å². The number of hydrogen-bond acceptors (Lipinski definition) is 1. The van der Waals surface area contributed by atoms with Gasteiger partial charge in [-0.15, -0.1) is 19.0 Å². The summed E-state index contributed by atoms with van der Waals surface area (Å²) in [5.74, 6) is -3.15. The molecule has 84 valence electrons. The Kier molecular flexibility index (Phi) is 5.39. The minimum atomic E-state index is -1.22. The van der Waals surface area contributed by atoms with Crippen LogP contribution < -0.4 is 5.73 Å². The number of hydrogen-bond donors (Lipinski definition) is 1. The summed E-state index contributed by atoms with van der Waals surface area (Å²) in [5, 5.41) is 0. The van der Waals surface area contributed by atoms with Crippen LogP contribution >= 0.6 is 12.4 Å². The molecule has 1 nitrogen and oxygen atoms in total. The molecule has 0 heterocycles. The number of nitrogens with two attached hydrogens (primary N) is 1. The molecule has 0 aliphatic heterocycles. The molecule has 0 fully saturated rings. The molecule has 1 atom stereocenters. The standard InChI is InChI=1S/C10H10F3N.ClH/c1-2-3-9(14)7-4-6(11)5-8(12)10(7)13;/h2,4-5,9H,1,3,14H2;1H/t9-;/m1./s1. The fraction of sp³-hybridized carbons (Fsp3) is 0.200. The monoisotopic (exact) mass is 237 g/mol. The minimum absolute atomic E-state index is 0. The topological polar surface area (TPSA) is 26.0 Å². The fourth-order valence-electron chi connectivity index (χ4n) is 1.15. The Morgan fingerprint density at radius 2 is 1.93 bits per heavy atom. The molecule has 2 N–H and O–H groups in total. The molecular weight excluding hydrogens is 227 g/mol. The number of rotatable bonds is 3. The van der Waals surface area contributed by atoms with Gasteiger partial charge in [-0.2, -0.15) is 0 Å². The van der Waals surface area contributed by atoms with E-state index in [0.717, 1.165) is 6.07 Å². The van der Waals surface area contributed by atoms with E-state index in [1.165, 1.54) is 6.08 Å². The predicted octanol–water partition coefficient (Wildman–Crippen LogP) is 3.10. The highest BCUT2D eigenvalue weighted by Crippen LogP contribution is 2.21. The van der Waals surface area contributed by atoms with E-state index < -0.39 is 23.5 Å². The summed E-state index contributed by atoms with van der Waals surface area (Å²) in [5.41, 5.74) is 5.34. The van der Waals surface area contributed by atoms with E-state index in [2.05, 4.69) is 6.58 Å². The second-order valence-corrected chi connectivity index (χ2v) is 2.92. The van der Waals surface area contributed by atoms with Crippen molar-refractivity contribution < 1.29 is 13.2 Å². The molecule has 15 heavy (non-hydrogen) atoms. The van der Waals surface area contributed by atoms with E-state index in [1.54, 1.807) is 0 Å². The SMILES string of the molecule is C=CC[C@@H](N)c1cc(F)cc(F)c1F.Cl. The highest BCUT2D eigenvalue weighted by atomic mass is 35.5. The van der Waals surface area contributed by atoms with Crippen LogP contribution in [0.5, 0.6) is 0 Å². The first-order valence-electron chi connectivity index (χ1n) is 4.07. The Morgan fingerprint density at radius 3 is 2.47 bits per heavy atom. The third-order valence-electron chi connectivity index (χ3n) is 1.84. The van der Waals surface area contributed by atoms with Gasteiger partial charge in [0.2, 0.25) is 0 Å². The molecule has 0 bridgehead atoms. The minimum Gasteiger partial charge on any atom is -0.324 e. The normalized spacial score (nSPS) is 11.7. The van der Waals surface area contributed by atoms with Crippen LogP contribution in [0.25, 0.3) is 0 Å². The van der Waals surface area contributed by atoms with Crippen LogP contribution in [0.3, 0.4) is 0 Å². The van der Waals surface area contributed by atoms with E-state index >= 15 is 0 Å². The summed E-state index contributed by atoms with van der Waals surface area (Å²) in [6, 6.07) is 0.615. The van der Waals surface area contributed by atoms with Gasteiger partial charge in [-0.25, -0.2) is 13.2 Å². The van der Waals surface area contributed by atoms with Gasteiger partial charge in [0.05, 0.1) is 0 Å². The van der Waals surface area contributed by atoms with E-state index in [0.29, 0.717) is 6.07 Å². The van der Waals surface area contributed by atoms with Crippen molar-refractivity contribution >= 4 is 12.4 Å². The van der Waals surface area contributed by atoms with Gasteiger partial charge in [-0.3, -0.25) is 0 Å². The lowest BCUT2D eigenvalue weighted by Crippen LogP contribution is -2.12. The van der Waals surface area contributed by atoms with Crippen molar-refractivity contribution in [1.82, 2.24) is 0 Å². The van der Waals surface area contributed by atoms with Crippen LogP contribution in [0.4, 0.5) is 13.2 Å².